The van der Waals surface area contributed by atoms with E-state index in [1.165, 1.54) is 6.20 Å². The maximum absolute atomic E-state index is 11.3. The number of pyridine rings is 1. The number of anilines is 1. The van der Waals surface area contributed by atoms with E-state index in [0.717, 1.165) is 0 Å². The molecule has 0 radical (unpaired) electrons. The van der Waals surface area contributed by atoms with E-state index in [1.54, 1.807) is 18.7 Å². The molecule has 112 valence electrons. The molecular weight excluding hydrogens is 274 g/mol. The molecule has 0 saturated heterocycles. The summed E-state index contributed by atoms with van der Waals surface area (Å²) in [5.41, 5.74) is 6.94. The molecule has 0 aliphatic heterocycles. The Balaban J connectivity index is 2.39. The first-order chi connectivity index (χ1) is 9.91. The van der Waals surface area contributed by atoms with E-state index >= 15 is 0 Å². The van der Waals surface area contributed by atoms with Crippen LogP contribution in [0.2, 0.25) is 0 Å². The minimum absolute atomic E-state index is 0.0812. The fraction of sp³-hybridized carbons (Fsp3) is 0.385. The van der Waals surface area contributed by atoms with Crippen molar-refractivity contribution in [1.82, 2.24) is 14.8 Å². The quantitative estimate of drug-likeness (QED) is 0.671. The molecule has 0 spiro atoms. The Hall–Kier alpha value is -2.64. The molecule has 2 aromatic heterocycles. The molecule has 8 nitrogen and oxygen atoms in total. The van der Waals surface area contributed by atoms with Crippen LogP contribution in [-0.4, -0.2) is 38.3 Å². The predicted molar refractivity (Wildman–Crippen MR) is 77.1 cm³/mol. The van der Waals surface area contributed by atoms with Gasteiger partial charge in [-0.1, -0.05) is 0 Å². The van der Waals surface area contributed by atoms with Crippen LogP contribution in [0.15, 0.2) is 6.20 Å². The van der Waals surface area contributed by atoms with Gasteiger partial charge in [-0.15, -0.1) is 0 Å². The minimum Gasteiger partial charge on any atom is -0.478 e. The number of primary amides is 1. The number of nitrogens with two attached hydrogens (primary N) is 1. The number of hydrogen-bond acceptors (Lipinski definition) is 5. The highest BCUT2D eigenvalue weighted by Crippen LogP contribution is 2.28. The zero-order valence-electron chi connectivity index (χ0n) is 11.9. The molecule has 2 heterocycles. The average Bonchev–Trinajstić information content (AvgIpc) is 2.69. The Labute approximate surface area is 121 Å². The summed E-state index contributed by atoms with van der Waals surface area (Å²) in [4.78, 5) is 26.2. The van der Waals surface area contributed by atoms with E-state index in [4.69, 9.17) is 5.73 Å². The predicted octanol–water partition coefficient (Wildman–Crippen LogP) is 0.652. The number of carbonyl (C=O) groups excluding carboxylic acids is 1. The first kappa shape index (κ1) is 14.8. The first-order valence-corrected chi connectivity index (χ1v) is 6.49. The number of hydrogen-bond donors (Lipinski definition) is 3. The summed E-state index contributed by atoms with van der Waals surface area (Å²) in [7, 11) is 1.75. The van der Waals surface area contributed by atoms with Crippen molar-refractivity contribution in [2.24, 2.45) is 12.8 Å². The van der Waals surface area contributed by atoms with E-state index in [2.05, 4.69) is 15.4 Å². The number of amides is 1. The fourth-order valence-corrected chi connectivity index (χ4v) is 2.23. The molecule has 0 aromatic carbocycles. The van der Waals surface area contributed by atoms with E-state index in [-0.39, 0.29) is 17.9 Å². The molecule has 1 amide bonds. The van der Waals surface area contributed by atoms with Gasteiger partial charge in [-0.25, -0.2) is 9.78 Å². The molecule has 21 heavy (non-hydrogen) atoms. The van der Waals surface area contributed by atoms with Gasteiger partial charge < -0.3 is 16.2 Å². The summed E-state index contributed by atoms with van der Waals surface area (Å²) in [5.74, 6) is -1.45. The van der Waals surface area contributed by atoms with Crippen LogP contribution >= 0.6 is 0 Å². The Morgan fingerprint density at radius 1 is 1.48 bits per heavy atom. The Morgan fingerprint density at radius 3 is 2.81 bits per heavy atom. The second-order valence-corrected chi connectivity index (χ2v) is 4.76. The van der Waals surface area contributed by atoms with Crippen LogP contribution in [-0.2, 0) is 11.8 Å². The van der Waals surface area contributed by atoms with Gasteiger partial charge in [0.15, 0.2) is 5.65 Å². The van der Waals surface area contributed by atoms with Gasteiger partial charge >= 0.3 is 5.97 Å². The van der Waals surface area contributed by atoms with Crippen molar-refractivity contribution in [3.8, 4) is 0 Å². The number of aryl methyl sites for hydroxylation is 2. The Morgan fingerprint density at radius 2 is 2.19 bits per heavy atom. The van der Waals surface area contributed by atoms with E-state index in [9.17, 15) is 14.7 Å². The van der Waals surface area contributed by atoms with Crippen LogP contribution in [0, 0.1) is 6.92 Å². The summed E-state index contributed by atoms with van der Waals surface area (Å²) in [6.45, 7) is 2.24. The lowest BCUT2D eigenvalue weighted by atomic mass is 10.1. The van der Waals surface area contributed by atoms with Gasteiger partial charge in [0.25, 0.3) is 0 Å². The van der Waals surface area contributed by atoms with Crippen molar-refractivity contribution in [3.63, 3.8) is 0 Å². The molecule has 0 aliphatic carbocycles. The lowest BCUT2D eigenvalue weighted by molar-refractivity contribution is -0.118. The highest BCUT2D eigenvalue weighted by atomic mass is 16.4. The van der Waals surface area contributed by atoms with E-state index in [0.29, 0.717) is 35.4 Å². The maximum Gasteiger partial charge on any atom is 0.339 e. The largest absolute Gasteiger partial charge is 0.478 e. The summed E-state index contributed by atoms with van der Waals surface area (Å²) < 4.78 is 1.60. The SMILES string of the molecule is Cc1nn(C)c2ncc(C(=O)O)c(NCCCC(N)=O)c12. The molecule has 2 rings (SSSR count). The van der Waals surface area contributed by atoms with E-state index in [1.807, 2.05) is 0 Å². The summed E-state index contributed by atoms with van der Waals surface area (Å²) >= 11 is 0. The Bertz CT molecular complexity index is 707. The van der Waals surface area contributed by atoms with Gasteiger partial charge in [-0.2, -0.15) is 5.10 Å². The van der Waals surface area contributed by atoms with Crippen molar-refractivity contribution in [2.45, 2.75) is 19.8 Å². The standard InChI is InChI=1S/C13H17N5O3/c1-7-10-11(15-5-3-4-9(14)19)8(13(20)21)6-16-12(10)18(2)17-7/h6H,3-5H2,1-2H3,(H2,14,19)(H,15,16)(H,20,21). The number of nitrogens with one attached hydrogen (secondary N) is 1. The third-order valence-corrected chi connectivity index (χ3v) is 3.16. The van der Waals surface area contributed by atoms with Gasteiger partial charge in [0.05, 0.1) is 16.8 Å². The molecular formula is C13H17N5O3. The summed E-state index contributed by atoms with van der Waals surface area (Å²) in [5, 5.41) is 17.3. The highest BCUT2D eigenvalue weighted by Gasteiger charge is 2.18. The van der Waals surface area contributed by atoms with E-state index < -0.39 is 5.97 Å². The van der Waals surface area contributed by atoms with Crippen LogP contribution < -0.4 is 11.1 Å². The normalized spacial score (nSPS) is 10.8. The monoisotopic (exact) mass is 291 g/mol. The minimum atomic E-state index is -1.06. The van der Waals surface area contributed by atoms with Crippen LogP contribution in [0.25, 0.3) is 11.0 Å². The van der Waals surface area contributed by atoms with Gasteiger partial charge in [-0.05, 0) is 13.3 Å². The molecule has 0 bridgehead atoms. The average molecular weight is 291 g/mol. The molecule has 8 heteroatoms. The van der Waals surface area contributed by atoms with Gasteiger partial charge in [0.2, 0.25) is 5.91 Å². The van der Waals surface area contributed by atoms with Gasteiger partial charge in [0.1, 0.15) is 5.56 Å². The number of nitrogens with zero attached hydrogens (tertiary/aromatic N) is 3. The number of carbonyl (C=O) groups is 2. The van der Waals surface area contributed by atoms with Crippen molar-refractivity contribution in [2.75, 3.05) is 11.9 Å². The summed E-state index contributed by atoms with van der Waals surface area (Å²) in [6.07, 6.45) is 2.08. The van der Waals surface area contributed by atoms with Gasteiger partial charge in [-0.3, -0.25) is 9.48 Å². The third-order valence-electron chi connectivity index (χ3n) is 3.16. The second kappa shape index (κ2) is 5.78. The second-order valence-electron chi connectivity index (χ2n) is 4.76. The lowest BCUT2D eigenvalue weighted by Crippen LogP contribution is -2.14. The summed E-state index contributed by atoms with van der Waals surface area (Å²) in [6, 6.07) is 0. The fourth-order valence-electron chi connectivity index (χ4n) is 2.23. The van der Waals surface area contributed by atoms with Crippen molar-refractivity contribution in [3.05, 3.63) is 17.5 Å². The van der Waals surface area contributed by atoms with Crippen LogP contribution in [0.3, 0.4) is 0 Å². The zero-order valence-corrected chi connectivity index (χ0v) is 11.9. The third kappa shape index (κ3) is 2.93. The number of carboxylic acids is 1. The van der Waals surface area contributed by atoms with Crippen molar-refractivity contribution >= 4 is 28.6 Å². The number of aromatic nitrogens is 3. The van der Waals surface area contributed by atoms with Crippen LogP contribution in [0.5, 0.6) is 0 Å². The molecule has 4 N–H and O–H groups in total. The van der Waals surface area contributed by atoms with Crippen LogP contribution in [0.1, 0.15) is 28.9 Å². The number of aromatic carboxylic acids is 1. The highest BCUT2D eigenvalue weighted by molar-refractivity contribution is 6.04. The number of carboxylic acid groups (broad SMARTS) is 1. The van der Waals surface area contributed by atoms with Crippen LogP contribution in [0.4, 0.5) is 5.69 Å². The zero-order chi connectivity index (χ0) is 15.6. The van der Waals surface area contributed by atoms with Crippen molar-refractivity contribution < 1.29 is 14.7 Å². The molecule has 0 fully saturated rings. The molecule has 0 unspecified atom stereocenters. The van der Waals surface area contributed by atoms with Crippen molar-refractivity contribution in [1.29, 1.82) is 0 Å². The number of rotatable bonds is 6. The lowest BCUT2D eigenvalue weighted by Gasteiger charge is -2.10. The first-order valence-electron chi connectivity index (χ1n) is 6.49. The smallest absolute Gasteiger partial charge is 0.339 e. The molecule has 2 aromatic rings. The molecule has 0 aliphatic rings. The topological polar surface area (TPSA) is 123 Å². The Kier molecular flexibility index (Phi) is 4.06. The molecule has 0 saturated carbocycles. The molecule has 0 atom stereocenters. The maximum atomic E-state index is 11.3. The van der Waals surface area contributed by atoms with Gasteiger partial charge in [0, 0.05) is 26.2 Å². The number of fused-ring (bicyclic) bond motifs is 1.